The molecule has 16 heteroatoms. The summed E-state index contributed by atoms with van der Waals surface area (Å²) in [6.07, 6.45) is 0.278. The highest BCUT2D eigenvalue weighted by atomic mass is 32.2. The Balaban J connectivity index is 1.26. The molecular formula is C45H52N4O11S. The maximum Gasteiger partial charge on any atom is 0.514 e. The van der Waals surface area contributed by atoms with E-state index in [2.05, 4.69) is 34.3 Å². The molecule has 7 aliphatic rings. The van der Waals surface area contributed by atoms with Gasteiger partial charge >= 0.3 is 12.1 Å². The minimum absolute atomic E-state index is 0.0220. The first kappa shape index (κ1) is 41.3. The van der Waals surface area contributed by atoms with Crippen molar-refractivity contribution in [2.45, 2.75) is 94.1 Å². The van der Waals surface area contributed by atoms with Crippen molar-refractivity contribution in [3.8, 4) is 46.3 Å². The molecule has 0 radical (unpaired) electrons. The number of likely N-dealkylation sites (N-methyl/N-ethyl adjacent to an activating group) is 1. The predicted molar refractivity (Wildman–Crippen MR) is 223 cm³/mol. The standard InChI is InChI=1S/C45H52N4O11S/c1-21-13-24-14-26-27(17-46)49-28-18-56-42(50)45(25-16-29(52-7)30(15-23(25)11-12-47-45)59-43(51)60-44(3,4)5)19-61-41(33-32(28)40-38(57-20-58-40)22(2)37(33)54-9)35(49)34(48(26)6)31(24)39(55-10)36(21)53-8/h13,15-16,26-28,34-35,41,47H,11-12,14,18-20H2,1-10H3/t26-,27-,28?,34+,35?,41+,45+/m0/s1. The van der Waals surface area contributed by atoms with Crippen LogP contribution in [0.5, 0.6) is 40.2 Å². The highest BCUT2D eigenvalue weighted by Gasteiger charge is 2.62. The number of hydrogen-bond donors (Lipinski definition) is 1. The Morgan fingerprint density at radius 2 is 1.67 bits per heavy atom. The average Bonchev–Trinajstić information content (AvgIpc) is 3.71. The number of methoxy groups -OCH3 is 4. The number of aryl methyl sites for hydroxylation is 1. The number of hydrogen-bond acceptors (Lipinski definition) is 16. The van der Waals surface area contributed by atoms with Crippen molar-refractivity contribution in [3.63, 3.8) is 0 Å². The molecule has 2 fully saturated rings. The monoisotopic (exact) mass is 856 g/mol. The average molecular weight is 857 g/mol. The Morgan fingerprint density at radius 3 is 2.36 bits per heavy atom. The number of carbonyl (C=O) groups excluding carboxylic acids is 2. The number of thioether (sulfide) groups is 1. The minimum Gasteiger partial charge on any atom is -0.496 e. The second kappa shape index (κ2) is 15.1. The highest BCUT2D eigenvalue weighted by molar-refractivity contribution is 7.99. The van der Waals surface area contributed by atoms with E-state index >= 15 is 4.79 Å². The van der Waals surface area contributed by atoms with Crippen LogP contribution < -0.4 is 38.5 Å². The smallest absolute Gasteiger partial charge is 0.496 e. The molecule has 61 heavy (non-hydrogen) atoms. The number of rotatable bonds is 5. The van der Waals surface area contributed by atoms with E-state index < -0.39 is 40.6 Å². The number of ether oxygens (including phenoxy) is 9. The lowest BCUT2D eigenvalue weighted by molar-refractivity contribution is -0.157. The number of nitrogens with zero attached hydrogens (tertiary/aromatic N) is 3. The molecule has 7 heterocycles. The third-order valence-electron chi connectivity index (χ3n) is 13.1. The second-order valence-corrected chi connectivity index (χ2v) is 18.6. The number of fused-ring (bicyclic) bond motifs is 9. The Labute approximate surface area is 359 Å². The molecule has 1 spiro atoms. The summed E-state index contributed by atoms with van der Waals surface area (Å²) in [5.41, 5.74) is 4.92. The number of piperazine rings is 1. The van der Waals surface area contributed by atoms with E-state index in [0.29, 0.717) is 53.7 Å². The second-order valence-electron chi connectivity index (χ2n) is 17.4. The van der Waals surface area contributed by atoms with Crippen LogP contribution in [0, 0.1) is 25.2 Å². The van der Waals surface area contributed by atoms with Crippen LogP contribution in [0.3, 0.4) is 0 Å². The van der Waals surface area contributed by atoms with Gasteiger partial charge in [0.25, 0.3) is 0 Å². The molecule has 0 saturated carbocycles. The lowest BCUT2D eigenvalue weighted by Gasteiger charge is -2.62. The zero-order valence-electron chi connectivity index (χ0n) is 36.2. The zero-order valence-corrected chi connectivity index (χ0v) is 37.0. The number of carbonyl (C=O) groups is 2. The number of nitriles is 1. The van der Waals surface area contributed by atoms with Gasteiger partial charge < -0.3 is 42.6 Å². The van der Waals surface area contributed by atoms with E-state index in [9.17, 15) is 10.1 Å². The first-order valence-electron chi connectivity index (χ1n) is 20.5. The molecule has 3 aromatic rings. The molecule has 2 unspecified atom stereocenters. The molecular weight excluding hydrogens is 805 g/mol. The summed E-state index contributed by atoms with van der Waals surface area (Å²) < 4.78 is 54.6. The van der Waals surface area contributed by atoms with Gasteiger partial charge in [0.2, 0.25) is 6.79 Å². The van der Waals surface area contributed by atoms with Crippen LogP contribution in [0.2, 0.25) is 0 Å². The molecule has 0 amide bonds. The van der Waals surface area contributed by atoms with Crippen molar-refractivity contribution >= 4 is 23.9 Å². The van der Waals surface area contributed by atoms with Gasteiger partial charge in [0.15, 0.2) is 40.0 Å². The van der Waals surface area contributed by atoms with E-state index in [4.69, 9.17) is 42.6 Å². The van der Waals surface area contributed by atoms with Gasteiger partial charge in [-0.05, 0) is 88.9 Å². The summed E-state index contributed by atoms with van der Waals surface area (Å²) in [5.74, 6) is 3.33. The Bertz CT molecular complexity index is 2380. The molecule has 10 rings (SSSR count). The Hall–Kier alpha value is -5.08. The highest BCUT2D eigenvalue weighted by Crippen LogP contribution is 2.64. The molecule has 7 atom stereocenters. The number of esters is 1. The first-order valence-corrected chi connectivity index (χ1v) is 21.6. The lowest BCUT2D eigenvalue weighted by Crippen LogP contribution is -2.69. The van der Waals surface area contributed by atoms with Gasteiger partial charge in [0.05, 0.1) is 51.8 Å². The van der Waals surface area contributed by atoms with E-state index in [1.165, 1.54) is 7.11 Å². The van der Waals surface area contributed by atoms with Crippen molar-refractivity contribution in [2.24, 2.45) is 0 Å². The molecule has 0 aliphatic carbocycles. The summed E-state index contributed by atoms with van der Waals surface area (Å²) in [7, 11) is 8.57. The van der Waals surface area contributed by atoms with Gasteiger partial charge in [-0.2, -0.15) is 5.26 Å². The fraction of sp³-hybridized carbons (Fsp3) is 0.533. The van der Waals surface area contributed by atoms with E-state index in [1.807, 2.05) is 13.8 Å². The molecule has 0 aromatic heterocycles. The maximum absolute atomic E-state index is 15.1. The SMILES string of the molecule is COc1cc2c(cc1OC(=O)OC(C)(C)C)CCN[C@]21CS[C@@H]2c3c(OC)c(C)c4c(c3C(COC1=O)N1C2[C@H]2c3c(cc(C)c(OC)c3OC)C[C@@H]([C@@H]1C#N)N2C)OCO4. The predicted octanol–water partition coefficient (Wildman–Crippen LogP) is 5.98. The Morgan fingerprint density at radius 1 is 0.934 bits per heavy atom. The maximum atomic E-state index is 15.1. The number of nitrogens with one attached hydrogen (secondary N) is 1. The normalized spacial score (nSPS) is 27.4. The van der Waals surface area contributed by atoms with Crippen LogP contribution in [0.1, 0.15) is 82.6 Å². The van der Waals surface area contributed by atoms with Gasteiger partial charge in [0.1, 0.15) is 24.0 Å². The summed E-state index contributed by atoms with van der Waals surface area (Å²) >= 11 is 1.60. The summed E-state index contributed by atoms with van der Waals surface area (Å²) in [6, 6.07) is 6.29. The summed E-state index contributed by atoms with van der Waals surface area (Å²) in [6.45, 7) is 9.64. The van der Waals surface area contributed by atoms with Crippen LogP contribution in [0.25, 0.3) is 0 Å². The van der Waals surface area contributed by atoms with Crippen LogP contribution in [0.4, 0.5) is 4.79 Å². The van der Waals surface area contributed by atoms with Crippen LogP contribution in [-0.2, 0) is 32.6 Å². The molecule has 4 bridgehead atoms. The lowest BCUT2D eigenvalue weighted by atomic mass is 9.71. The van der Waals surface area contributed by atoms with Crippen molar-refractivity contribution in [3.05, 3.63) is 62.7 Å². The third kappa shape index (κ3) is 6.17. The zero-order chi connectivity index (χ0) is 43.3. The van der Waals surface area contributed by atoms with E-state index in [-0.39, 0.29) is 48.8 Å². The third-order valence-corrected chi connectivity index (χ3v) is 14.6. The van der Waals surface area contributed by atoms with Crippen LogP contribution >= 0.6 is 11.8 Å². The van der Waals surface area contributed by atoms with E-state index in [0.717, 1.165) is 38.9 Å². The molecule has 1 N–H and O–H groups in total. The summed E-state index contributed by atoms with van der Waals surface area (Å²) in [4.78, 5) is 32.5. The Kier molecular flexibility index (Phi) is 10.2. The quantitative estimate of drug-likeness (QED) is 0.236. The van der Waals surface area contributed by atoms with Gasteiger partial charge in [0, 0.05) is 46.6 Å². The van der Waals surface area contributed by atoms with E-state index in [1.54, 1.807) is 66.0 Å². The van der Waals surface area contributed by atoms with Gasteiger partial charge in [-0.1, -0.05) is 6.07 Å². The van der Waals surface area contributed by atoms with Crippen LogP contribution in [-0.4, -0.2) is 107 Å². The van der Waals surface area contributed by atoms with Crippen molar-refractivity contribution in [1.82, 2.24) is 15.1 Å². The molecule has 7 aliphatic heterocycles. The first-order chi connectivity index (χ1) is 29.2. The summed E-state index contributed by atoms with van der Waals surface area (Å²) in [5, 5.41) is 14.5. The van der Waals surface area contributed by atoms with Gasteiger partial charge in [-0.25, -0.2) is 9.59 Å². The topological polar surface area (TPSA) is 160 Å². The number of benzene rings is 3. The fourth-order valence-corrected chi connectivity index (χ4v) is 12.5. The molecule has 2 saturated heterocycles. The van der Waals surface area contributed by atoms with Crippen LogP contribution in [0.15, 0.2) is 18.2 Å². The largest absolute Gasteiger partial charge is 0.514 e. The molecule has 324 valence electrons. The van der Waals surface area contributed by atoms with Gasteiger partial charge in [-0.15, -0.1) is 11.8 Å². The van der Waals surface area contributed by atoms with Crippen molar-refractivity contribution in [2.75, 3.05) is 61.2 Å². The van der Waals surface area contributed by atoms with Crippen molar-refractivity contribution in [1.29, 1.82) is 5.26 Å². The van der Waals surface area contributed by atoms with Crippen molar-refractivity contribution < 1.29 is 52.2 Å². The molecule has 15 nitrogen and oxygen atoms in total. The molecule has 3 aromatic carbocycles. The van der Waals surface area contributed by atoms with Gasteiger partial charge in [-0.3, -0.25) is 15.1 Å². The fourth-order valence-electron chi connectivity index (χ4n) is 10.8. The minimum atomic E-state index is -1.35.